The van der Waals surface area contributed by atoms with Crippen molar-refractivity contribution < 1.29 is 23.1 Å². The Kier molecular flexibility index (Phi) is 6.51. The van der Waals surface area contributed by atoms with Crippen LogP contribution in [0.1, 0.15) is 38.5 Å². The number of nitrogens with zero attached hydrogens (tertiary/aromatic N) is 2. The van der Waals surface area contributed by atoms with Crippen LogP contribution in [0.5, 0.6) is 5.75 Å². The Morgan fingerprint density at radius 2 is 1.78 bits per heavy atom. The van der Waals surface area contributed by atoms with E-state index in [-0.39, 0.29) is 29.5 Å². The van der Waals surface area contributed by atoms with Gasteiger partial charge >= 0.3 is 0 Å². The highest BCUT2D eigenvalue weighted by Crippen LogP contribution is 2.38. The summed E-state index contributed by atoms with van der Waals surface area (Å²) < 4.78 is 35.1. The summed E-state index contributed by atoms with van der Waals surface area (Å²) in [4.78, 5) is 16.1. The highest BCUT2D eigenvalue weighted by Gasteiger charge is 2.47. The van der Waals surface area contributed by atoms with E-state index in [4.69, 9.17) is 4.74 Å². The minimum atomic E-state index is -4.08. The summed E-state index contributed by atoms with van der Waals surface area (Å²) in [6, 6.07) is 13.9. The lowest BCUT2D eigenvalue weighted by Gasteiger charge is -2.43. The van der Waals surface area contributed by atoms with Crippen LogP contribution in [-0.2, 0) is 14.8 Å². The number of likely N-dealkylation sites (tertiary alicyclic amines) is 1. The molecule has 2 N–H and O–H groups in total. The van der Waals surface area contributed by atoms with Crippen molar-refractivity contribution in [3.05, 3.63) is 48.5 Å². The fraction of sp³-hybridized carbons (Fsp3) is 0.536. The number of piperidine rings is 1. The Bertz CT molecular complexity index is 1260. The molecule has 0 unspecified atom stereocenters. The second-order valence-corrected chi connectivity index (χ2v) is 13.0. The zero-order valence-corrected chi connectivity index (χ0v) is 21.8. The maximum atomic E-state index is 13.8. The fourth-order valence-electron chi connectivity index (χ4n) is 6.03. The van der Waals surface area contributed by atoms with Gasteiger partial charge in [0.05, 0.1) is 12.7 Å². The molecule has 3 heterocycles. The predicted octanol–water partition coefficient (Wildman–Crippen LogP) is 2.62. The normalized spacial score (nSPS) is 28.0. The molecule has 198 valence electrons. The quantitative estimate of drug-likeness (QED) is 0.639. The predicted molar refractivity (Wildman–Crippen MR) is 140 cm³/mol. The van der Waals surface area contributed by atoms with Crippen molar-refractivity contribution in [1.29, 1.82) is 0 Å². The molecular formula is C28H35N3O5S. The topological polar surface area (TPSA) is 99.2 Å². The van der Waals surface area contributed by atoms with Gasteiger partial charge in [-0.3, -0.25) is 4.79 Å². The van der Waals surface area contributed by atoms with Crippen LogP contribution in [0.2, 0.25) is 0 Å². The molecule has 3 fully saturated rings. The highest BCUT2D eigenvalue weighted by molar-refractivity contribution is 7.89. The molecule has 37 heavy (non-hydrogen) atoms. The first-order chi connectivity index (χ1) is 17.8. The summed E-state index contributed by atoms with van der Waals surface area (Å²) in [6.45, 7) is 3.12. The molecule has 2 aromatic carbocycles. The first kappa shape index (κ1) is 24.9. The zero-order valence-electron chi connectivity index (χ0n) is 21.0. The second kappa shape index (κ2) is 9.69. The SMILES string of the molecule is O=C1NC2(CCOc3cc(-c4ccccc4)ccc3S(=O)(=O)N3C[C@H](O)C[C@@H]13)CCN(CC1CC1)CC2. The van der Waals surface area contributed by atoms with Gasteiger partial charge in [-0.05, 0) is 54.9 Å². The third kappa shape index (κ3) is 5.02. The van der Waals surface area contributed by atoms with Gasteiger partial charge < -0.3 is 20.1 Å². The molecule has 9 heteroatoms. The van der Waals surface area contributed by atoms with Gasteiger partial charge in [-0.25, -0.2) is 8.42 Å². The van der Waals surface area contributed by atoms with Crippen molar-refractivity contribution >= 4 is 15.9 Å². The van der Waals surface area contributed by atoms with Gasteiger partial charge in [0.25, 0.3) is 0 Å². The van der Waals surface area contributed by atoms with Crippen LogP contribution in [0.4, 0.5) is 0 Å². The lowest BCUT2D eigenvalue weighted by atomic mass is 9.84. The van der Waals surface area contributed by atoms with Crippen LogP contribution in [0.3, 0.4) is 0 Å². The van der Waals surface area contributed by atoms with E-state index >= 15 is 0 Å². The van der Waals surface area contributed by atoms with Gasteiger partial charge in [-0.1, -0.05) is 36.4 Å². The maximum Gasteiger partial charge on any atom is 0.247 e. The number of rotatable bonds is 3. The average Bonchev–Trinajstić information content (AvgIpc) is 3.62. The number of ether oxygens (including phenoxy) is 1. The van der Waals surface area contributed by atoms with Crippen molar-refractivity contribution in [2.75, 3.05) is 32.8 Å². The minimum absolute atomic E-state index is 0.0364. The van der Waals surface area contributed by atoms with Crippen LogP contribution in [0, 0.1) is 5.92 Å². The van der Waals surface area contributed by atoms with Crippen molar-refractivity contribution in [3.8, 4) is 16.9 Å². The zero-order chi connectivity index (χ0) is 25.6. The molecule has 6 rings (SSSR count). The van der Waals surface area contributed by atoms with E-state index in [0.717, 1.165) is 49.5 Å². The lowest BCUT2D eigenvalue weighted by molar-refractivity contribution is -0.127. The maximum absolute atomic E-state index is 13.8. The summed E-state index contributed by atoms with van der Waals surface area (Å²) in [6.07, 6.45) is 4.02. The standard InChI is InChI=1S/C28H35N3O5S/c32-23-17-24-27(33)29-28(10-13-30(14-11-28)18-20-6-7-20)12-15-36-25-16-22(21-4-2-1-3-5-21)8-9-26(25)37(34,35)31(24)19-23/h1-5,8-9,16,20,23-24,32H,6-7,10-15,17-19H2,(H,29,33)/t23-,24+/m1/s1. The van der Waals surface area contributed by atoms with E-state index in [1.165, 1.54) is 17.1 Å². The molecule has 1 spiro atoms. The molecule has 4 aliphatic rings. The summed E-state index contributed by atoms with van der Waals surface area (Å²) in [5, 5.41) is 13.7. The van der Waals surface area contributed by atoms with E-state index in [2.05, 4.69) is 10.2 Å². The number of hydrogen-bond acceptors (Lipinski definition) is 6. The first-order valence-corrected chi connectivity index (χ1v) is 14.8. The van der Waals surface area contributed by atoms with Crippen LogP contribution < -0.4 is 10.1 Å². The number of sulfonamides is 1. The number of amides is 1. The number of benzene rings is 2. The Hall–Kier alpha value is -2.46. The van der Waals surface area contributed by atoms with Crippen LogP contribution in [0.15, 0.2) is 53.4 Å². The highest BCUT2D eigenvalue weighted by atomic mass is 32.2. The molecule has 0 aromatic heterocycles. The van der Waals surface area contributed by atoms with Gasteiger partial charge in [0.2, 0.25) is 15.9 Å². The smallest absolute Gasteiger partial charge is 0.247 e. The average molecular weight is 526 g/mol. The number of carbonyl (C=O) groups is 1. The molecule has 0 bridgehead atoms. The molecule has 1 aliphatic carbocycles. The lowest BCUT2D eigenvalue weighted by Crippen LogP contribution is -2.59. The van der Waals surface area contributed by atoms with Crippen LogP contribution in [-0.4, -0.2) is 79.1 Å². The fourth-order valence-corrected chi connectivity index (χ4v) is 7.78. The van der Waals surface area contributed by atoms with Gasteiger partial charge in [0, 0.05) is 44.6 Å². The molecule has 2 atom stereocenters. The van der Waals surface area contributed by atoms with Crippen molar-refractivity contribution in [1.82, 2.24) is 14.5 Å². The van der Waals surface area contributed by atoms with Crippen molar-refractivity contribution in [2.45, 2.75) is 61.1 Å². The molecule has 8 nitrogen and oxygen atoms in total. The Balaban J connectivity index is 1.34. The summed E-state index contributed by atoms with van der Waals surface area (Å²) in [5.74, 6) is 0.783. The summed E-state index contributed by atoms with van der Waals surface area (Å²) in [5.41, 5.74) is 1.37. The molecule has 1 saturated carbocycles. The molecule has 2 aromatic rings. The van der Waals surface area contributed by atoms with Crippen LogP contribution in [0.25, 0.3) is 11.1 Å². The minimum Gasteiger partial charge on any atom is -0.492 e. The summed E-state index contributed by atoms with van der Waals surface area (Å²) in [7, 11) is -4.08. The number of fused-ring (bicyclic) bond motifs is 2. The Morgan fingerprint density at radius 1 is 1.03 bits per heavy atom. The van der Waals surface area contributed by atoms with E-state index in [0.29, 0.717) is 13.0 Å². The van der Waals surface area contributed by atoms with Gasteiger partial charge in [0.15, 0.2) is 0 Å². The van der Waals surface area contributed by atoms with Gasteiger partial charge in [-0.15, -0.1) is 0 Å². The molecular weight excluding hydrogens is 490 g/mol. The molecule has 0 radical (unpaired) electrons. The van der Waals surface area contributed by atoms with Crippen molar-refractivity contribution in [3.63, 3.8) is 0 Å². The Morgan fingerprint density at radius 3 is 2.51 bits per heavy atom. The van der Waals surface area contributed by atoms with E-state index in [9.17, 15) is 18.3 Å². The Labute approximate surface area is 218 Å². The number of aliphatic hydroxyl groups is 1. The molecule has 2 saturated heterocycles. The van der Waals surface area contributed by atoms with Gasteiger partial charge in [-0.2, -0.15) is 4.31 Å². The molecule has 1 amide bonds. The number of nitrogens with one attached hydrogen (secondary N) is 1. The van der Waals surface area contributed by atoms with E-state index < -0.39 is 27.7 Å². The van der Waals surface area contributed by atoms with E-state index in [1.54, 1.807) is 18.2 Å². The van der Waals surface area contributed by atoms with Gasteiger partial charge in [0.1, 0.15) is 16.7 Å². The third-order valence-electron chi connectivity index (χ3n) is 8.43. The number of aliphatic hydroxyl groups excluding tert-OH is 1. The third-order valence-corrected chi connectivity index (χ3v) is 10.3. The largest absolute Gasteiger partial charge is 0.492 e. The monoisotopic (exact) mass is 525 g/mol. The van der Waals surface area contributed by atoms with Crippen LogP contribution >= 0.6 is 0 Å². The number of carbonyl (C=O) groups excluding carboxylic acids is 1. The van der Waals surface area contributed by atoms with E-state index in [1.807, 2.05) is 30.3 Å². The van der Waals surface area contributed by atoms with Crippen molar-refractivity contribution in [2.24, 2.45) is 5.92 Å². The first-order valence-electron chi connectivity index (χ1n) is 13.4. The summed E-state index contributed by atoms with van der Waals surface area (Å²) >= 11 is 0. The number of hydrogen-bond donors (Lipinski definition) is 2. The molecule has 3 aliphatic heterocycles. The second-order valence-electron chi connectivity index (χ2n) is 11.1.